The van der Waals surface area contributed by atoms with Crippen molar-refractivity contribution in [2.45, 2.75) is 25.3 Å². The van der Waals surface area contributed by atoms with Gasteiger partial charge in [-0.2, -0.15) is 0 Å². The molecule has 1 aromatic rings. The van der Waals surface area contributed by atoms with Gasteiger partial charge in [-0.15, -0.1) is 0 Å². The summed E-state index contributed by atoms with van der Waals surface area (Å²) in [6.45, 7) is 3.71. The number of aromatic nitrogens is 1. The molecule has 0 atom stereocenters. The number of hydrogen-bond acceptors (Lipinski definition) is 4. The van der Waals surface area contributed by atoms with Gasteiger partial charge in [0.15, 0.2) is 0 Å². The van der Waals surface area contributed by atoms with E-state index in [2.05, 4.69) is 15.6 Å². The van der Waals surface area contributed by atoms with Crippen LogP contribution in [0.2, 0.25) is 0 Å². The first-order valence-corrected chi connectivity index (χ1v) is 5.86. The van der Waals surface area contributed by atoms with Crippen molar-refractivity contribution in [3.63, 3.8) is 0 Å². The van der Waals surface area contributed by atoms with Gasteiger partial charge in [-0.1, -0.05) is 0 Å². The van der Waals surface area contributed by atoms with Gasteiger partial charge in [-0.25, -0.2) is 0 Å². The Bertz CT molecular complexity index is 463. The quantitative estimate of drug-likeness (QED) is 0.547. The highest BCUT2D eigenvalue weighted by atomic mass is 16.6. The number of nitro groups is 1. The van der Waals surface area contributed by atoms with E-state index in [1.54, 1.807) is 0 Å². The number of amides is 1. The molecule has 0 aliphatic carbocycles. The standard InChI is InChI=1S/C11H16N4O3/c1-11(2-4-12-5-3-11)14-10(16)9-6-8(7-13-9)15(17)18/h6-7,12-13H,2-5H2,1H3,(H,14,16). The Morgan fingerprint density at radius 2 is 2.17 bits per heavy atom. The predicted molar refractivity (Wildman–Crippen MR) is 65.4 cm³/mol. The minimum Gasteiger partial charge on any atom is -0.351 e. The SMILES string of the molecule is CC1(NC(=O)c2cc([N+](=O)[O-])c[nH]2)CCNCC1. The summed E-state index contributed by atoms with van der Waals surface area (Å²) in [4.78, 5) is 24.6. The maximum absolute atomic E-state index is 12.0. The number of carbonyl (C=O) groups excluding carboxylic acids is 1. The number of aromatic amines is 1. The van der Waals surface area contributed by atoms with Crippen molar-refractivity contribution in [2.75, 3.05) is 13.1 Å². The number of nitrogens with one attached hydrogen (secondary N) is 3. The lowest BCUT2D eigenvalue weighted by Crippen LogP contribution is -2.52. The van der Waals surface area contributed by atoms with Crippen LogP contribution in [-0.2, 0) is 0 Å². The summed E-state index contributed by atoms with van der Waals surface area (Å²) < 4.78 is 0. The summed E-state index contributed by atoms with van der Waals surface area (Å²) in [6.07, 6.45) is 2.92. The van der Waals surface area contributed by atoms with Crippen LogP contribution in [0.25, 0.3) is 0 Å². The van der Waals surface area contributed by atoms with Crippen LogP contribution in [0, 0.1) is 10.1 Å². The molecule has 1 fully saturated rings. The summed E-state index contributed by atoms with van der Waals surface area (Å²) in [6, 6.07) is 1.25. The summed E-state index contributed by atoms with van der Waals surface area (Å²) in [5, 5.41) is 16.7. The van der Waals surface area contributed by atoms with Gasteiger partial charge >= 0.3 is 0 Å². The second-order valence-corrected chi connectivity index (χ2v) is 4.79. The van der Waals surface area contributed by atoms with Crippen LogP contribution in [0.3, 0.4) is 0 Å². The number of rotatable bonds is 3. The van der Waals surface area contributed by atoms with Gasteiger partial charge in [0.1, 0.15) is 5.69 Å². The first-order chi connectivity index (χ1) is 8.50. The van der Waals surface area contributed by atoms with Crippen molar-refractivity contribution in [3.8, 4) is 0 Å². The first kappa shape index (κ1) is 12.6. The predicted octanol–water partition coefficient (Wildman–Crippen LogP) is 0.795. The molecule has 0 radical (unpaired) electrons. The van der Waals surface area contributed by atoms with Gasteiger partial charge < -0.3 is 15.6 Å². The van der Waals surface area contributed by atoms with E-state index in [1.165, 1.54) is 12.3 Å². The Labute approximate surface area is 104 Å². The average Bonchev–Trinajstić information content (AvgIpc) is 2.78. The first-order valence-electron chi connectivity index (χ1n) is 5.86. The molecule has 3 N–H and O–H groups in total. The fraction of sp³-hybridized carbons (Fsp3) is 0.545. The molecule has 98 valence electrons. The monoisotopic (exact) mass is 252 g/mol. The van der Waals surface area contributed by atoms with Crippen molar-refractivity contribution in [1.29, 1.82) is 0 Å². The Morgan fingerprint density at radius 3 is 2.72 bits per heavy atom. The van der Waals surface area contributed by atoms with E-state index < -0.39 is 4.92 Å². The lowest BCUT2D eigenvalue weighted by atomic mass is 9.90. The van der Waals surface area contributed by atoms with Crippen LogP contribution in [0.15, 0.2) is 12.3 Å². The summed E-state index contributed by atoms with van der Waals surface area (Å²) in [5.41, 5.74) is -0.126. The molecule has 7 heteroatoms. The number of hydrogen-bond donors (Lipinski definition) is 3. The third-order valence-electron chi connectivity index (χ3n) is 3.25. The van der Waals surface area contributed by atoms with E-state index in [4.69, 9.17) is 0 Å². The van der Waals surface area contributed by atoms with Crippen molar-refractivity contribution in [2.24, 2.45) is 0 Å². The zero-order valence-corrected chi connectivity index (χ0v) is 10.2. The van der Waals surface area contributed by atoms with E-state index in [9.17, 15) is 14.9 Å². The van der Waals surface area contributed by atoms with Crippen LogP contribution in [0.1, 0.15) is 30.3 Å². The smallest absolute Gasteiger partial charge is 0.287 e. The van der Waals surface area contributed by atoms with Crippen LogP contribution >= 0.6 is 0 Å². The van der Waals surface area contributed by atoms with E-state index in [1.807, 2.05) is 6.92 Å². The molecule has 0 bridgehead atoms. The van der Waals surface area contributed by atoms with Crippen molar-refractivity contribution in [3.05, 3.63) is 28.1 Å². The fourth-order valence-corrected chi connectivity index (χ4v) is 2.06. The molecule has 0 unspecified atom stereocenters. The van der Waals surface area contributed by atoms with Crippen molar-refractivity contribution < 1.29 is 9.72 Å². The fourth-order valence-electron chi connectivity index (χ4n) is 2.06. The molecule has 0 aromatic carbocycles. The highest BCUT2D eigenvalue weighted by Gasteiger charge is 2.29. The molecule has 18 heavy (non-hydrogen) atoms. The maximum atomic E-state index is 12.0. The zero-order valence-electron chi connectivity index (χ0n) is 10.2. The summed E-state index contributed by atoms with van der Waals surface area (Å²) in [7, 11) is 0. The summed E-state index contributed by atoms with van der Waals surface area (Å²) >= 11 is 0. The van der Waals surface area contributed by atoms with Crippen molar-refractivity contribution >= 4 is 11.6 Å². The van der Waals surface area contributed by atoms with Gasteiger partial charge in [0.25, 0.3) is 11.6 Å². The van der Waals surface area contributed by atoms with Gasteiger partial charge in [0, 0.05) is 11.6 Å². The average molecular weight is 252 g/mol. The van der Waals surface area contributed by atoms with Crippen LogP contribution in [0.5, 0.6) is 0 Å². The Kier molecular flexibility index (Phi) is 3.33. The molecule has 1 aliphatic heterocycles. The number of piperidine rings is 1. The highest BCUT2D eigenvalue weighted by molar-refractivity contribution is 5.93. The van der Waals surface area contributed by atoms with Crippen LogP contribution < -0.4 is 10.6 Å². The third kappa shape index (κ3) is 2.67. The molecular formula is C11H16N4O3. The zero-order chi connectivity index (χ0) is 13.2. The number of H-pyrrole nitrogens is 1. The van der Waals surface area contributed by atoms with E-state index >= 15 is 0 Å². The van der Waals surface area contributed by atoms with Crippen LogP contribution in [0.4, 0.5) is 5.69 Å². The Balaban J connectivity index is 2.04. The lowest BCUT2D eigenvalue weighted by Gasteiger charge is -2.34. The minimum absolute atomic E-state index is 0.101. The largest absolute Gasteiger partial charge is 0.351 e. The number of carbonyl (C=O) groups is 1. The van der Waals surface area contributed by atoms with Gasteiger partial charge in [-0.05, 0) is 32.9 Å². The molecule has 1 aromatic heterocycles. The third-order valence-corrected chi connectivity index (χ3v) is 3.25. The van der Waals surface area contributed by atoms with E-state index in [0.717, 1.165) is 25.9 Å². The number of nitrogens with zero attached hydrogens (tertiary/aromatic N) is 1. The van der Waals surface area contributed by atoms with Gasteiger partial charge in [0.2, 0.25) is 0 Å². The molecule has 1 aliphatic rings. The maximum Gasteiger partial charge on any atom is 0.287 e. The Morgan fingerprint density at radius 1 is 1.50 bits per heavy atom. The molecule has 1 saturated heterocycles. The molecule has 1 amide bonds. The molecule has 2 rings (SSSR count). The molecule has 0 spiro atoms. The normalized spacial score (nSPS) is 18.3. The van der Waals surface area contributed by atoms with Crippen LogP contribution in [-0.4, -0.2) is 34.4 Å². The second kappa shape index (κ2) is 4.77. The molecular weight excluding hydrogens is 236 g/mol. The van der Waals surface area contributed by atoms with Gasteiger partial charge in [-0.3, -0.25) is 14.9 Å². The van der Waals surface area contributed by atoms with Crippen molar-refractivity contribution in [1.82, 2.24) is 15.6 Å². The van der Waals surface area contributed by atoms with E-state index in [-0.39, 0.29) is 22.8 Å². The molecule has 7 nitrogen and oxygen atoms in total. The van der Waals surface area contributed by atoms with E-state index in [0.29, 0.717) is 0 Å². The summed E-state index contributed by atoms with van der Waals surface area (Å²) in [5.74, 6) is -0.299. The molecule has 2 heterocycles. The second-order valence-electron chi connectivity index (χ2n) is 4.79. The molecule has 0 saturated carbocycles. The highest BCUT2D eigenvalue weighted by Crippen LogP contribution is 2.19. The Hall–Kier alpha value is -1.89. The topological polar surface area (TPSA) is 100 Å². The minimum atomic E-state index is -0.528. The van der Waals surface area contributed by atoms with Gasteiger partial charge in [0.05, 0.1) is 11.1 Å². The lowest BCUT2D eigenvalue weighted by molar-refractivity contribution is -0.384.